The summed E-state index contributed by atoms with van der Waals surface area (Å²) in [4.78, 5) is 18.3. The molecule has 23 heavy (non-hydrogen) atoms. The molecule has 0 aliphatic carbocycles. The monoisotopic (exact) mass is 321 g/mol. The van der Waals surface area contributed by atoms with E-state index in [1.54, 1.807) is 11.1 Å². The van der Waals surface area contributed by atoms with E-state index in [0.717, 1.165) is 30.5 Å². The van der Waals surface area contributed by atoms with Crippen LogP contribution in [-0.4, -0.2) is 47.3 Å². The molecule has 0 saturated heterocycles. The lowest BCUT2D eigenvalue weighted by atomic mass is 9.89. The number of aliphatic hydroxyl groups excluding tert-OH is 1. The van der Waals surface area contributed by atoms with Crippen LogP contribution in [-0.2, 0) is 6.42 Å². The van der Waals surface area contributed by atoms with E-state index in [9.17, 15) is 9.90 Å². The van der Waals surface area contributed by atoms with Crippen LogP contribution in [0.15, 0.2) is 18.3 Å². The van der Waals surface area contributed by atoms with Crippen molar-refractivity contribution in [3.8, 4) is 0 Å². The molecule has 0 spiro atoms. The molecule has 5 nitrogen and oxygen atoms in total. The maximum absolute atomic E-state index is 12.2. The van der Waals surface area contributed by atoms with E-state index in [2.05, 4.69) is 10.3 Å². The molecule has 0 bridgehead atoms. The van der Waals surface area contributed by atoms with Crippen LogP contribution in [0.3, 0.4) is 0 Å². The minimum absolute atomic E-state index is 0.0621. The third-order valence-electron chi connectivity index (χ3n) is 4.32. The molecule has 1 heterocycles. The Bertz CT molecular complexity index is 503. The Morgan fingerprint density at radius 1 is 1.48 bits per heavy atom. The van der Waals surface area contributed by atoms with Gasteiger partial charge in [0.25, 0.3) is 0 Å². The zero-order chi connectivity index (χ0) is 17.5. The lowest BCUT2D eigenvalue weighted by Gasteiger charge is -2.26. The summed E-state index contributed by atoms with van der Waals surface area (Å²) >= 11 is 0. The lowest BCUT2D eigenvalue weighted by Crippen LogP contribution is -2.43. The number of amides is 2. The van der Waals surface area contributed by atoms with Gasteiger partial charge in [-0.2, -0.15) is 0 Å². The maximum atomic E-state index is 12.2. The van der Waals surface area contributed by atoms with E-state index in [0.29, 0.717) is 6.54 Å². The maximum Gasteiger partial charge on any atom is 0.317 e. The fraction of sp³-hybridized carbons (Fsp3) is 0.667. The van der Waals surface area contributed by atoms with Crippen molar-refractivity contribution in [1.82, 2.24) is 15.2 Å². The normalized spacial score (nSPS) is 12.8. The quantitative estimate of drug-likeness (QED) is 0.724. The van der Waals surface area contributed by atoms with Gasteiger partial charge >= 0.3 is 6.03 Å². The highest BCUT2D eigenvalue weighted by Gasteiger charge is 2.18. The van der Waals surface area contributed by atoms with Crippen molar-refractivity contribution in [3.63, 3.8) is 0 Å². The number of pyridine rings is 1. The van der Waals surface area contributed by atoms with Gasteiger partial charge in [0, 0.05) is 44.6 Å². The first-order valence-electron chi connectivity index (χ1n) is 8.29. The highest BCUT2D eigenvalue weighted by Crippen LogP contribution is 2.20. The number of aromatic nitrogens is 1. The molecule has 1 rings (SSSR count). The number of likely N-dealkylation sites (N-methyl/N-ethyl adjacent to an activating group) is 1. The topological polar surface area (TPSA) is 65.5 Å². The van der Waals surface area contributed by atoms with E-state index in [1.165, 1.54) is 0 Å². The number of aryl methyl sites for hydroxylation is 1. The molecule has 0 fully saturated rings. The van der Waals surface area contributed by atoms with Crippen molar-refractivity contribution in [3.05, 3.63) is 29.6 Å². The molecule has 5 heteroatoms. The molecule has 1 atom stereocenters. The van der Waals surface area contributed by atoms with Crippen LogP contribution in [0.2, 0.25) is 0 Å². The number of nitrogens with one attached hydrogen (secondary N) is 1. The summed E-state index contributed by atoms with van der Waals surface area (Å²) in [5.74, 6) is 0. The zero-order valence-electron chi connectivity index (χ0n) is 15.1. The molecule has 1 aromatic heterocycles. The Kier molecular flexibility index (Phi) is 7.49. The van der Waals surface area contributed by atoms with Crippen LogP contribution < -0.4 is 5.32 Å². The number of carbonyl (C=O) groups is 1. The lowest BCUT2D eigenvalue weighted by molar-refractivity contribution is 0.147. The van der Waals surface area contributed by atoms with E-state index in [-0.39, 0.29) is 24.1 Å². The standard InChI is InChI=1S/C18H31N3O2/c1-14-8-6-10-19-16(14)12-15(2)21(5)17(23)20-11-7-9-18(3,4)13-22/h6,8,10,15,22H,7,9,11-13H2,1-5H3,(H,20,23)/t15-/m1/s1. The Hall–Kier alpha value is -1.62. The second-order valence-electron chi connectivity index (χ2n) is 7.09. The molecule has 0 radical (unpaired) electrons. The average Bonchev–Trinajstić information content (AvgIpc) is 2.52. The Morgan fingerprint density at radius 2 is 2.17 bits per heavy atom. The number of hydrogen-bond acceptors (Lipinski definition) is 3. The number of rotatable bonds is 8. The molecule has 0 unspecified atom stereocenters. The SMILES string of the molecule is Cc1cccnc1C[C@@H](C)N(C)C(=O)NCCCC(C)(C)CO. The first-order valence-corrected chi connectivity index (χ1v) is 8.29. The highest BCUT2D eigenvalue weighted by atomic mass is 16.3. The van der Waals surface area contributed by atoms with Crippen LogP contribution in [0.4, 0.5) is 4.79 Å². The molecular weight excluding hydrogens is 290 g/mol. The molecule has 0 aromatic carbocycles. The van der Waals surface area contributed by atoms with Gasteiger partial charge < -0.3 is 15.3 Å². The van der Waals surface area contributed by atoms with Crippen molar-refractivity contribution >= 4 is 6.03 Å². The fourth-order valence-corrected chi connectivity index (χ4v) is 2.32. The van der Waals surface area contributed by atoms with E-state index in [1.807, 2.05) is 46.9 Å². The minimum atomic E-state index is -0.0829. The van der Waals surface area contributed by atoms with Crippen LogP contribution in [0.1, 0.15) is 44.9 Å². The van der Waals surface area contributed by atoms with Gasteiger partial charge in [0.05, 0.1) is 0 Å². The number of hydrogen-bond donors (Lipinski definition) is 2. The largest absolute Gasteiger partial charge is 0.396 e. The average molecular weight is 321 g/mol. The van der Waals surface area contributed by atoms with Crippen LogP contribution in [0.25, 0.3) is 0 Å². The fourth-order valence-electron chi connectivity index (χ4n) is 2.32. The predicted molar refractivity (Wildman–Crippen MR) is 93.4 cm³/mol. The minimum Gasteiger partial charge on any atom is -0.396 e. The Balaban J connectivity index is 2.39. The van der Waals surface area contributed by atoms with Crippen molar-refractivity contribution in [2.24, 2.45) is 5.41 Å². The van der Waals surface area contributed by atoms with Crippen LogP contribution in [0, 0.1) is 12.3 Å². The number of urea groups is 1. The van der Waals surface area contributed by atoms with Gasteiger partial charge in [-0.25, -0.2) is 4.79 Å². The van der Waals surface area contributed by atoms with Crippen molar-refractivity contribution < 1.29 is 9.90 Å². The third-order valence-corrected chi connectivity index (χ3v) is 4.32. The third kappa shape index (κ3) is 6.57. The molecule has 2 amide bonds. The van der Waals surface area contributed by atoms with Crippen LogP contribution in [0.5, 0.6) is 0 Å². The molecule has 1 aromatic rings. The van der Waals surface area contributed by atoms with Gasteiger partial charge in [-0.3, -0.25) is 4.98 Å². The van der Waals surface area contributed by atoms with E-state index >= 15 is 0 Å². The number of aliphatic hydroxyl groups is 1. The second kappa shape index (κ2) is 8.87. The summed E-state index contributed by atoms with van der Waals surface area (Å²) in [6, 6.07) is 3.98. The Morgan fingerprint density at radius 3 is 2.78 bits per heavy atom. The highest BCUT2D eigenvalue weighted by molar-refractivity contribution is 5.74. The van der Waals surface area contributed by atoms with Gasteiger partial charge in [0.2, 0.25) is 0 Å². The molecule has 0 aliphatic rings. The van der Waals surface area contributed by atoms with E-state index < -0.39 is 0 Å². The van der Waals surface area contributed by atoms with Crippen molar-refractivity contribution in [2.45, 2.75) is 53.0 Å². The van der Waals surface area contributed by atoms with Gasteiger partial charge in [0.15, 0.2) is 0 Å². The molecular formula is C18H31N3O2. The summed E-state index contributed by atoms with van der Waals surface area (Å²) < 4.78 is 0. The second-order valence-corrected chi connectivity index (χ2v) is 7.09. The van der Waals surface area contributed by atoms with Crippen molar-refractivity contribution in [1.29, 1.82) is 0 Å². The Labute approximate surface area is 140 Å². The number of nitrogens with zero attached hydrogens (tertiary/aromatic N) is 2. The molecule has 130 valence electrons. The summed E-state index contributed by atoms with van der Waals surface area (Å²) in [6.45, 7) is 8.92. The van der Waals surface area contributed by atoms with E-state index in [4.69, 9.17) is 0 Å². The summed E-state index contributed by atoms with van der Waals surface area (Å²) in [6.07, 6.45) is 4.28. The van der Waals surface area contributed by atoms with Crippen molar-refractivity contribution in [2.75, 3.05) is 20.2 Å². The molecule has 2 N–H and O–H groups in total. The summed E-state index contributed by atoms with van der Waals surface area (Å²) in [5, 5.41) is 12.2. The molecule has 0 saturated carbocycles. The number of carbonyl (C=O) groups excluding carboxylic acids is 1. The zero-order valence-corrected chi connectivity index (χ0v) is 15.1. The van der Waals surface area contributed by atoms with Gasteiger partial charge in [-0.1, -0.05) is 19.9 Å². The van der Waals surface area contributed by atoms with Gasteiger partial charge in [-0.15, -0.1) is 0 Å². The van der Waals surface area contributed by atoms with Gasteiger partial charge in [0.1, 0.15) is 0 Å². The predicted octanol–water partition coefficient (Wildman–Crippen LogP) is 2.76. The molecule has 0 aliphatic heterocycles. The van der Waals surface area contributed by atoms with Crippen LogP contribution >= 0.6 is 0 Å². The first-order chi connectivity index (χ1) is 10.8. The smallest absolute Gasteiger partial charge is 0.317 e. The van der Waals surface area contributed by atoms with Gasteiger partial charge in [-0.05, 0) is 43.7 Å². The summed E-state index contributed by atoms with van der Waals surface area (Å²) in [7, 11) is 1.82. The summed E-state index contributed by atoms with van der Waals surface area (Å²) in [5.41, 5.74) is 2.10. The first kappa shape index (κ1) is 19.4.